The van der Waals surface area contributed by atoms with Crippen LogP contribution < -0.4 is 0 Å². The molecule has 1 saturated heterocycles. The van der Waals surface area contributed by atoms with E-state index < -0.39 is 0 Å². The number of carbonyl (C=O) groups is 2. The number of likely N-dealkylation sites (tertiary alicyclic amines) is 1. The van der Waals surface area contributed by atoms with Gasteiger partial charge in [-0.15, -0.1) is 0 Å². The Kier molecular flexibility index (Phi) is 5.53. The van der Waals surface area contributed by atoms with Gasteiger partial charge < -0.3 is 14.3 Å². The van der Waals surface area contributed by atoms with Crippen molar-refractivity contribution in [3.8, 4) is 0 Å². The number of fused-ring (bicyclic) bond motifs is 1. The summed E-state index contributed by atoms with van der Waals surface area (Å²) in [6.45, 7) is 4.80. The van der Waals surface area contributed by atoms with Crippen molar-refractivity contribution in [1.29, 1.82) is 0 Å². The second-order valence-corrected chi connectivity index (χ2v) is 7.87. The van der Waals surface area contributed by atoms with E-state index in [2.05, 4.69) is 10.1 Å². The highest BCUT2D eigenvalue weighted by molar-refractivity contribution is 6.05. The Labute approximate surface area is 175 Å². The smallest absolute Gasteiger partial charge is 0.273 e. The highest BCUT2D eigenvalue weighted by atomic mass is 16.5. The molecule has 1 aliphatic heterocycles. The first-order chi connectivity index (χ1) is 14.5. The highest BCUT2D eigenvalue weighted by Crippen LogP contribution is 2.23. The number of carbonyl (C=O) groups excluding carboxylic acids is 2. The zero-order valence-electron chi connectivity index (χ0n) is 17.6. The molecule has 1 unspecified atom stereocenters. The number of amides is 2. The maximum absolute atomic E-state index is 13.2. The molecule has 0 N–H and O–H groups in total. The van der Waals surface area contributed by atoms with Crippen LogP contribution in [0.2, 0.25) is 0 Å². The summed E-state index contributed by atoms with van der Waals surface area (Å²) >= 11 is 0. The molecule has 4 rings (SSSR count). The van der Waals surface area contributed by atoms with Crippen LogP contribution in [0.5, 0.6) is 0 Å². The zero-order valence-corrected chi connectivity index (χ0v) is 17.6. The minimum atomic E-state index is -0.0812. The van der Waals surface area contributed by atoms with E-state index in [1.54, 1.807) is 24.9 Å². The van der Waals surface area contributed by atoms with Crippen LogP contribution in [-0.4, -0.2) is 57.9 Å². The summed E-state index contributed by atoms with van der Waals surface area (Å²) in [7, 11) is 1.84. The van der Waals surface area contributed by atoms with Crippen molar-refractivity contribution >= 4 is 22.6 Å². The van der Waals surface area contributed by atoms with Gasteiger partial charge in [-0.3, -0.25) is 14.6 Å². The van der Waals surface area contributed by atoms with Gasteiger partial charge in [0.1, 0.15) is 17.0 Å². The fraction of sp³-hybridized carbons (Fsp3) is 0.391. The summed E-state index contributed by atoms with van der Waals surface area (Å²) in [4.78, 5) is 34.2. The van der Waals surface area contributed by atoms with Gasteiger partial charge in [0.15, 0.2) is 0 Å². The van der Waals surface area contributed by atoms with Crippen molar-refractivity contribution in [2.24, 2.45) is 0 Å². The lowest BCUT2D eigenvalue weighted by atomic mass is 10.1. The minimum absolute atomic E-state index is 0.0448. The van der Waals surface area contributed by atoms with Crippen LogP contribution in [0.25, 0.3) is 10.8 Å². The Morgan fingerprint density at radius 1 is 1.13 bits per heavy atom. The van der Waals surface area contributed by atoms with Crippen LogP contribution in [0.3, 0.4) is 0 Å². The molecular weight excluding hydrogens is 380 g/mol. The lowest BCUT2D eigenvalue weighted by Crippen LogP contribution is -2.39. The highest BCUT2D eigenvalue weighted by Gasteiger charge is 2.29. The average Bonchev–Trinajstić information content (AvgIpc) is 2.95. The summed E-state index contributed by atoms with van der Waals surface area (Å²) in [5, 5.41) is 5.76. The van der Waals surface area contributed by atoms with E-state index in [0.717, 1.165) is 30.0 Å². The molecule has 0 spiro atoms. The van der Waals surface area contributed by atoms with Gasteiger partial charge in [-0.1, -0.05) is 29.4 Å². The summed E-state index contributed by atoms with van der Waals surface area (Å²) < 4.78 is 5.16. The molecule has 1 aliphatic rings. The maximum atomic E-state index is 13.2. The molecule has 0 bridgehead atoms. The topological polar surface area (TPSA) is 79.5 Å². The molecule has 7 nitrogen and oxygen atoms in total. The number of aryl methyl sites for hydroxylation is 2. The molecule has 3 aromatic rings. The number of benzene rings is 1. The molecule has 1 aromatic carbocycles. The van der Waals surface area contributed by atoms with Crippen LogP contribution in [0.1, 0.15) is 51.6 Å². The SMILES string of the molecule is Cc1noc(C)c1C(=O)N1CCCC(N(C)C(=O)c2nccc3ccccc23)CC1. The third kappa shape index (κ3) is 3.67. The van der Waals surface area contributed by atoms with Gasteiger partial charge in [-0.05, 0) is 44.6 Å². The van der Waals surface area contributed by atoms with Crippen molar-refractivity contribution in [2.75, 3.05) is 20.1 Å². The van der Waals surface area contributed by atoms with Gasteiger partial charge in [-0.25, -0.2) is 0 Å². The molecule has 1 atom stereocenters. The van der Waals surface area contributed by atoms with E-state index in [4.69, 9.17) is 4.52 Å². The summed E-state index contributed by atoms with van der Waals surface area (Å²) in [5.74, 6) is 0.423. The molecule has 0 radical (unpaired) electrons. The van der Waals surface area contributed by atoms with E-state index in [0.29, 0.717) is 35.8 Å². The van der Waals surface area contributed by atoms with E-state index in [1.807, 2.05) is 42.3 Å². The molecule has 0 saturated carbocycles. The Morgan fingerprint density at radius 2 is 1.93 bits per heavy atom. The van der Waals surface area contributed by atoms with Crippen LogP contribution in [-0.2, 0) is 0 Å². The van der Waals surface area contributed by atoms with Gasteiger partial charge in [0.05, 0.1) is 5.69 Å². The molecule has 0 aliphatic carbocycles. The van der Waals surface area contributed by atoms with Gasteiger partial charge in [0.2, 0.25) is 0 Å². The largest absolute Gasteiger partial charge is 0.361 e. The van der Waals surface area contributed by atoms with Gasteiger partial charge >= 0.3 is 0 Å². The fourth-order valence-corrected chi connectivity index (χ4v) is 4.24. The lowest BCUT2D eigenvalue weighted by molar-refractivity contribution is 0.0706. The fourth-order valence-electron chi connectivity index (χ4n) is 4.24. The Hall–Kier alpha value is -3.22. The van der Waals surface area contributed by atoms with Crippen molar-refractivity contribution in [1.82, 2.24) is 19.9 Å². The summed E-state index contributed by atoms with van der Waals surface area (Å²) in [6.07, 6.45) is 4.08. The number of nitrogens with zero attached hydrogens (tertiary/aromatic N) is 4. The zero-order chi connectivity index (χ0) is 21.3. The van der Waals surface area contributed by atoms with Crippen molar-refractivity contribution in [2.45, 2.75) is 39.2 Å². The van der Waals surface area contributed by atoms with Crippen molar-refractivity contribution in [3.63, 3.8) is 0 Å². The van der Waals surface area contributed by atoms with E-state index >= 15 is 0 Å². The van der Waals surface area contributed by atoms with Crippen LogP contribution in [0, 0.1) is 13.8 Å². The number of rotatable bonds is 3. The Bertz CT molecular complexity index is 1070. The molecule has 3 heterocycles. The first-order valence-electron chi connectivity index (χ1n) is 10.3. The van der Waals surface area contributed by atoms with Gasteiger partial charge in [0, 0.05) is 37.8 Å². The van der Waals surface area contributed by atoms with Gasteiger partial charge in [0.25, 0.3) is 11.8 Å². The minimum Gasteiger partial charge on any atom is -0.361 e. The lowest BCUT2D eigenvalue weighted by Gasteiger charge is -2.27. The summed E-state index contributed by atoms with van der Waals surface area (Å²) in [6, 6.07) is 9.76. The average molecular weight is 406 g/mol. The van der Waals surface area contributed by atoms with Crippen LogP contribution >= 0.6 is 0 Å². The number of hydrogen-bond acceptors (Lipinski definition) is 5. The molecule has 2 amide bonds. The first-order valence-corrected chi connectivity index (χ1v) is 10.3. The third-order valence-corrected chi connectivity index (χ3v) is 5.98. The van der Waals surface area contributed by atoms with Crippen LogP contribution in [0.4, 0.5) is 0 Å². The second kappa shape index (κ2) is 8.26. The second-order valence-electron chi connectivity index (χ2n) is 7.87. The molecule has 2 aromatic heterocycles. The first kappa shape index (κ1) is 20.1. The number of pyridine rings is 1. The van der Waals surface area contributed by atoms with Gasteiger partial charge in [-0.2, -0.15) is 0 Å². The maximum Gasteiger partial charge on any atom is 0.273 e. The van der Waals surface area contributed by atoms with E-state index in [1.165, 1.54) is 0 Å². The molecule has 1 fully saturated rings. The normalized spacial score (nSPS) is 17.0. The molecule has 7 heteroatoms. The Morgan fingerprint density at radius 3 is 2.70 bits per heavy atom. The molecular formula is C23H26N4O3. The standard InChI is InChI=1S/C23H26N4O3/c1-15-20(16(2)30-25-15)22(28)27-13-6-8-18(11-14-27)26(3)23(29)21-19-9-5-4-7-17(19)10-12-24-21/h4-5,7,9-10,12,18H,6,8,11,13-14H2,1-3H3. The van der Waals surface area contributed by atoms with Crippen LogP contribution in [0.15, 0.2) is 41.1 Å². The van der Waals surface area contributed by atoms with E-state index in [-0.39, 0.29) is 17.9 Å². The Balaban J connectivity index is 1.49. The molecule has 30 heavy (non-hydrogen) atoms. The summed E-state index contributed by atoms with van der Waals surface area (Å²) in [5.41, 5.74) is 1.65. The van der Waals surface area contributed by atoms with Crippen molar-refractivity contribution in [3.05, 3.63) is 59.2 Å². The molecule has 156 valence electrons. The quantitative estimate of drug-likeness (QED) is 0.664. The predicted molar refractivity (Wildman–Crippen MR) is 113 cm³/mol. The third-order valence-electron chi connectivity index (χ3n) is 5.98. The number of hydrogen-bond donors (Lipinski definition) is 0. The van der Waals surface area contributed by atoms with Crippen molar-refractivity contribution < 1.29 is 14.1 Å². The van der Waals surface area contributed by atoms with E-state index in [9.17, 15) is 9.59 Å². The number of aromatic nitrogens is 2. The monoisotopic (exact) mass is 406 g/mol. The predicted octanol–water partition coefficient (Wildman–Crippen LogP) is 3.61.